The van der Waals surface area contributed by atoms with Gasteiger partial charge in [-0.15, -0.1) is 0 Å². The predicted molar refractivity (Wildman–Crippen MR) is 78.4 cm³/mol. The van der Waals surface area contributed by atoms with Crippen LogP contribution in [0.15, 0.2) is 36.4 Å². The van der Waals surface area contributed by atoms with Crippen molar-refractivity contribution >= 4 is 28.9 Å². The van der Waals surface area contributed by atoms with Crippen LogP contribution in [0.5, 0.6) is 11.5 Å². The number of phenolic OH excluding ortho intramolecular Hbond substituents is 1. The van der Waals surface area contributed by atoms with E-state index in [4.69, 9.17) is 27.9 Å². The third-order valence-electron chi connectivity index (χ3n) is 2.66. The molecule has 19 heavy (non-hydrogen) atoms. The zero-order valence-corrected chi connectivity index (χ0v) is 11.8. The molecule has 0 saturated carbocycles. The highest BCUT2D eigenvalue weighted by Crippen LogP contribution is 2.28. The molecule has 0 aliphatic carbocycles. The quantitative estimate of drug-likeness (QED) is 0.883. The number of hydrogen-bond donors (Lipinski definition) is 2. The zero-order chi connectivity index (χ0) is 13.8. The highest BCUT2D eigenvalue weighted by Gasteiger charge is 2.03. The van der Waals surface area contributed by atoms with Crippen molar-refractivity contribution in [2.24, 2.45) is 0 Å². The normalized spacial score (nSPS) is 10.3. The highest BCUT2D eigenvalue weighted by atomic mass is 35.5. The van der Waals surface area contributed by atoms with E-state index in [1.807, 2.05) is 12.1 Å². The Bertz CT molecular complexity index is 588. The minimum atomic E-state index is 0.121. The van der Waals surface area contributed by atoms with Crippen LogP contribution in [0.4, 0.5) is 5.69 Å². The Morgan fingerprint density at radius 1 is 1.11 bits per heavy atom. The standard InChI is InChI=1S/C14H13Cl2NO2/c1-19-14-5-2-9(6-13(14)18)8-17-10-3-4-11(15)12(16)7-10/h2-7,17-18H,8H2,1H3. The molecule has 2 N–H and O–H groups in total. The molecule has 0 aromatic heterocycles. The van der Waals surface area contributed by atoms with Crippen molar-refractivity contribution < 1.29 is 9.84 Å². The van der Waals surface area contributed by atoms with Crippen LogP contribution >= 0.6 is 23.2 Å². The summed E-state index contributed by atoms with van der Waals surface area (Å²) in [6.45, 7) is 0.565. The summed E-state index contributed by atoms with van der Waals surface area (Å²) >= 11 is 11.8. The summed E-state index contributed by atoms with van der Waals surface area (Å²) in [7, 11) is 1.52. The number of hydrogen-bond acceptors (Lipinski definition) is 3. The van der Waals surface area contributed by atoms with Gasteiger partial charge in [0, 0.05) is 12.2 Å². The molecule has 100 valence electrons. The molecule has 2 aromatic carbocycles. The maximum absolute atomic E-state index is 9.68. The van der Waals surface area contributed by atoms with Crippen LogP contribution in [0.1, 0.15) is 5.56 Å². The second kappa shape index (κ2) is 6.04. The average Bonchev–Trinajstić information content (AvgIpc) is 2.40. The number of nitrogens with one attached hydrogen (secondary N) is 1. The van der Waals surface area contributed by atoms with Gasteiger partial charge in [0.25, 0.3) is 0 Å². The molecule has 0 saturated heterocycles. The number of halogens is 2. The van der Waals surface area contributed by atoms with E-state index in [0.29, 0.717) is 22.3 Å². The summed E-state index contributed by atoms with van der Waals surface area (Å²) < 4.78 is 4.99. The molecule has 3 nitrogen and oxygen atoms in total. The first kappa shape index (κ1) is 13.8. The maximum Gasteiger partial charge on any atom is 0.160 e. The van der Waals surface area contributed by atoms with E-state index < -0.39 is 0 Å². The molecule has 0 aliphatic heterocycles. The molecule has 0 spiro atoms. The fraction of sp³-hybridized carbons (Fsp3) is 0.143. The molecule has 0 radical (unpaired) electrons. The van der Waals surface area contributed by atoms with E-state index >= 15 is 0 Å². The molecule has 0 heterocycles. The Labute approximate surface area is 121 Å². The molecule has 0 atom stereocenters. The zero-order valence-electron chi connectivity index (χ0n) is 10.3. The van der Waals surface area contributed by atoms with Crippen LogP contribution in [-0.4, -0.2) is 12.2 Å². The van der Waals surface area contributed by atoms with E-state index in [9.17, 15) is 5.11 Å². The van der Waals surface area contributed by atoms with Crippen LogP contribution in [-0.2, 0) is 6.54 Å². The van der Waals surface area contributed by atoms with Gasteiger partial charge in [0.15, 0.2) is 11.5 Å². The van der Waals surface area contributed by atoms with Gasteiger partial charge in [-0.05, 0) is 35.9 Å². The number of ether oxygens (including phenoxy) is 1. The van der Waals surface area contributed by atoms with Crippen LogP contribution in [0.2, 0.25) is 10.0 Å². The molecule has 0 fully saturated rings. The van der Waals surface area contributed by atoms with Crippen molar-refractivity contribution in [3.05, 3.63) is 52.0 Å². The topological polar surface area (TPSA) is 41.5 Å². The van der Waals surface area contributed by atoms with Crippen molar-refractivity contribution in [2.75, 3.05) is 12.4 Å². The fourth-order valence-electron chi connectivity index (χ4n) is 1.66. The van der Waals surface area contributed by atoms with Gasteiger partial charge in [-0.3, -0.25) is 0 Å². The fourth-order valence-corrected chi connectivity index (χ4v) is 1.95. The number of methoxy groups -OCH3 is 1. The van der Waals surface area contributed by atoms with Crippen molar-refractivity contribution in [3.8, 4) is 11.5 Å². The van der Waals surface area contributed by atoms with Gasteiger partial charge < -0.3 is 15.2 Å². The Morgan fingerprint density at radius 2 is 1.89 bits per heavy atom. The Balaban J connectivity index is 2.05. The lowest BCUT2D eigenvalue weighted by atomic mass is 10.2. The molecule has 2 aromatic rings. The minimum Gasteiger partial charge on any atom is -0.504 e. The lowest BCUT2D eigenvalue weighted by molar-refractivity contribution is 0.373. The number of benzene rings is 2. The number of anilines is 1. The third-order valence-corrected chi connectivity index (χ3v) is 3.40. The van der Waals surface area contributed by atoms with Crippen molar-refractivity contribution in [3.63, 3.8) is 0 Å². The van der Waals surface area contributed by atoms with Gasteiger partial charge in [0.2, 0.25) is 0 Å². The lowest BCUT2D eigenvalue weighted by Crippen LogP contribution is -1.99. The Morgan fingerprint density at radius 3 is 2.53 bits per heavy atom. The molecular formula is C14H13Cl2NO2. The van der Waals surface area contributed by atoms with Crippen LogP contribution in [0, 0.1) is 0 Å². The summed E-state index contributed by atoms with van der Waals surface area (Å²) in [6.07, 6.45) is 0. The molecule has 0 aliphatic rings. The second-order valence-corrected chi connectivity index (χ2v) is 4.80. The molecular weight excluding hydrogens is 285 g/mol. The van der Waals surface area contributed by atoms with Crippen LogP contribution in [0.3, 0.4) is 0 Å². The lowest BCUT2D eigenvalue weighted by Gasteiger charge is -2.09. The first-order chi connectivity index (χ1) is 9.10. The molecule has 5 heteroatoms. The molecule has 0 unspecified atom stereocenters. The molecule has 2 rings (SSSR count). The smallest absolute Gasteiger partial charge is 0.160 e. The van der Waals surface area contributed by atoms with E-state index in [-0.39, 0.29) is 5.75 Å². The van der Waals surface area contributed by atoms with Crippen molar-refractivity contribution in [1.82, 2.24) is 0 Å². The second-order valence-electron chi connectivity index (χ2n) is 3.99. The van der Waals surface area contributed by atoms with Gasteiger partial charge >= 0.3 is 0 Å². The van der Waals surface area contributed by atoms with Gasteiger partial charge in [-0.2, -0.15) is 0 Å². The largest absolute Gasteiger partial charge is 0.504 e. The van der Waals surface area contributed by atoms with E-state index in [1.165, 1.54) is 7.11 Å². The Hall–Kier alpha value is -1.58. The first-order valence-corrected chi connectivity index (χ1v) is 6.40. The van der Waals surface area contributed by atoms with Gasteiger partial charge in [0.1, 0.15) is 0 Å². The maximum atomic E-state index is 9.68. The summed E-state index contributed by atoms with van der Waals surface area (Å²) in [5, 5.41) is 13.9. The number of rotatable bonds is 4. The van der Waals surface area contributed by atoms with Crippen LogP contribution in [0.25, 0.3) is 0 Å². The van der Waals surface area contributed by atoms with E-state index in [2.05, 4.69) is 5.32 Å². The predicted octanol–water partition coefficient (Wildman–Crippen LogP) is 4.32. The number of phenols is 1. The van der Waals surface area contributed by atoms with Crippen molar-refractivity contribution in [1.29, 1.82) is 0 Å². The van der Waals surface area contributed by atoms with Gasteiger partial charge in [-0.25, -0.2) is 0 Å². The summed E-state index contributed by atoms with van der Waals surface area (Å²) in [6, 6.07) is 10.6. The van der Waals surface area contributed by atoms with E-state index in [1.54, 1.807) is 24.3 Å². The third kappa shape index (κ3) is 3.46. The summed E-state index contributed by atoms with van der Waals surface area (Å²) in [4.78, 5) is 0. The first-order valence-electron chi connectivity index (χ1n) is 5.65. The highest BCUT2D eigenvalue weighted by molar-refractivity contribution is 6.42. The molecule has 0 bridgehead atoms. The van der Waals surface area contributed by atoms with Gasteiger partial charge in [-0.1, -0.05) is 29.3 Å². The average molecular weight is 298 g/mol. The van der Waals surface area contributed by atoms with Crippen molar-refractivity contribution in [2.45, 2.75) is 6.54 Å². The number of aromatic hydroxyl groups is 1. The Kier molecular flexibility index (Phi) is 4.40. The summed E-state index contributed by atoms with van der Waals surface area (Å²) in [5.41, 5.74) is 1.80. The monoisotopic (exact) mass is 297 g/mol. The van der Waals surface area contributed by atoms with E-state index in [0.717, 1.165) is 11.3 Å². The summed E-state index contributed by atoms with van der Waals surface area (Å²) in [5.74, 6) is 0.578. The van der Waals surface area contributed by atoms with Crippen LogP contribution < -0.4 is 10.1 Å². The minimum absolute atomic E-state index is 0.121. The van der Waals surface area contributed by atoms with Gasteiger partial charge in [0.05, 0.1) is 17.2 Å². The molecule has 0 amide bonds. The SMILES string of the molecule is COc1ccc(CNc2ccc(Cl)c(Cl)c2)cc1O.